The molecule has 2 aromatic carbocycles. The van der Waals surface area contributed by atoms with Gasteiger partial charge in [-0.25, -0.2) is 22.9 Å². The van der Waals surface area contributed by atoms with Crippen LogP contribution in [-0.2, 0) is 16.6 Å². The largest absolute Gasteiger partial charge is 0.365 e. The van der Waals surface area contributed by atoms with Crippen molar-refractivity contribution in [2.45, 2.75) is 11.4 Å². The Balaban J connectivity index is 1.84. The molecule has 160 valence electrons. The van der Waals surface area contributed by atoms with Crippen LogP contribution in [0.2, 0.25) is 0 Å². The Morgan fingerprint density at radius 3 is 2.34 bits per heavy atom. The van der Waals surface area contributed by atoms with Crippen LogP contribution >= 0.6 is 11.3 Å². The number of hydrogen-bond donors (Lipinski definition) is 2. The Morgan fingerprint density at radius 2 is 1.75 bits per heavy atom. The predicted octanol–water partition coefficient (Wildman–Crippen LogP) is 4.75. The van der Waals surface area contributed by atoms with E-state index in [0.717, 1.165) is 5.56 Å². The second-order valence-electron chi connectivity index (χ2n) is 6.95. The Bertz CT molecular complexity index is 1390. The minimum atomic E-state index is -3.84. The first-order valence-electron chi connectivity index (χ1n) is 9.44. The first-order chi connectivity index (χ1) is 15.3. The summed E-state index contributed by atoms with van der Waals surface area (Å²) in [7, 11) is -3.84. The number of primary sulfonamides is 1. The highest BCUT2D eigenvalue weighted by atomic mass is 32.2. The number of nitrogens with two attached hydrogens (primary N) is 1. The number of pyridine rings is 1. The zero-order valence-electron chi connectivity index (χ0n) is 16.6. The number of aromatic nitrogens is 1. The summed E-state index contributed by atoms with van der Waals surface area (Å²) >= 11 is 1.58. The van der Waals surface area contributed by atoms with Gasteiger partial charge >= 0.3 is 0 Å². The maximum Gasteiger partial charge on any atom is 0.238 e. The van der Waals surface area contributed by atoms with Gasteiger partial charge in [-0.05, 0) is 70.4 Å². The van der Waals surface area contributed by atoms with Gasteiger partial charge < -0.3 is 5.32 Å². The van der Waals surface area contributed by atoms with Gasteiger partial charge in [0.1, 0.15) is 17.7 Å². The van der Waals surface area contributed by atoms with Crippen molar-refractivity contribution in [1.29, 1.82) is 5.26 Å². The monoisotopic (exact) mass is 464 g/mol. The first kappa shape index (κ1) is 21.6. The summed E-state index contributed by atoms with van der Waals surface area (Å²) in [6.07, 6.45) is 0. The summed E-state index contributed by atoms with van der Waals surface area (Å²) in [5.41, 5.74) is 3.82. The molecule has 4 aromatic rings. The van der Waals surface area contributed by atoms with Crippen molar-refractivity contribution in [3.63, 3.8) is 0 Å². The van der Waals surface area contributed by atoms with Crippen LogP contribution in [0.1, 0.15) is 11.1 Å². The van der Waals surface area contributed by atoms with E-state index in [-0.39, 0.29) is 10.7 Å². The maximum atomic E-state index is 13.5. The quantitative estimate of drug-likeness (QED) is 0.428. The fraction of sp³-hybridized carbons (Fsp3) is 0.0435. The van der Waals surface area contributed by atoms with E-state index in [4.69, 9.17) is 10.1 Å². The summed E-state index contributed by atoms with van der Waals surface area (Å²) in [5.74, 6) is 0.0280. The van der Waals surface area contributed by atoms with Crippen molar-refractivity contribution >= 4 is 27.2 Å². The Hall–Kier alpha value is -3.58. The first-order valence-corrected chi connectivity index (χ1v) is 11.9. The van der Waals surface area contributed by atoms with Crippen LogP contribution in [0.3, 0.4) is 0 Å². The lowest BCUT2D eigenvalue weighted by atomic mass is 9.97. The number of nitrogens with one attached hydrogen (secondary N) is 1. The second kappa shape index (κ2) is 8.88. The van der Waals surface area contributed by atoms with Gasteiger partial charge in [-0.3, -0.25) is 0 Å². The van der Waals surface area contributed by atoms with Crippen LogP contribution in [0.5, 0.6) is 0 Å². The second-order valence-corrected chi connectivity index (χ2v) is 9.30. The molecular weight excluding hydrogens is 447 g/mol. The van der Waals surface area contributed by atoms with Crippen molar-refractivity contribution in [3.8, 4) is 28.5 Å². The summed E-state index contributed by atoms with van der Waals surface area (Å²) < 4.78 is 36.7. The molecule has 2 heterocycles. The highest BCUT2D eigenvalue weighted by Gasteiger charge is 2.16. The van der Waals surface area contributed by atoms with E-state index in [1.54, 1.807) is 41.7 Å². The van der Waals surface area contributed by atoms with E-state index < -0.39 is 10.0 Å². The van der Waals surface area contributed by atoms with Gasteiger partial charge in [0.25, 0.3) is 0 Å². The average Bonchev–Trinajstić information content (AvgIpc) is 3.31. The molecule has 0 aliphatic rings. The standard InChI is InChI=1S/C23H17FN4O2S2/c24-19-5-1-17(2-6-19)22-21(16-3-7-20(8-4-16)32(26,29)30)11-18(12-25)23(28-22)27-13-15-9-10-31-14-15/h1-11,14H,13H2,(H,27,28)(H2,26,29,30). The van der Waals surface area contributed by atoms with Crippen molar-refractivity contribution in [1.82, 2.24) is 4.98 Å². The van der Waals surface area contributed by atoms with Crippen LogP contribution < -0.4 is 10.5 Å². The Labute approximate surface area is 188 Å². The third-order valence-corrected chi connectivity index (χ3v) is 6.46. The number of nitriles is 1. The molecule has 0 spiro atoms. The van der Waals surface area contributed by atoms with Crippen molar-refractivity contribution < 1.29 is 12.8 Å². The topological polar surface area (TPSA) is 109 Å². The van der Waals surface area contributed by atoms with E-state index in [1.807, 2.05) is 16.8 Å². The fourth-order valence-corrected chi connectivity index (χ4v) is 4.37. The molecule has 0 atom stereocenters. The van der Waals surface area contributed by atoms with Crippen LogP contribution in [0.25, 0.3) is 22.4 Å². The summed E-state index contributed by atoms with van der Waals surface area (Å²) in [5, 5.41) is 22.1. The normalized spacial score (nSPS) is 11.2. The molecule has 0 saturated heterocycles. The van der Waals surface area contributed by atoms with Gasteiger partial charge in [-0.1, -0.05) is 12.1 Å². The third kappa shape index (κ3) is 4.68. The molecular formula is C23H17FN4O2S2. The molecule has 3 N–H and O–H groups in total. The molecule has 0 bridgehead atoms. The summed E-state index contributed by atoms with van der Waals surface area (Å²) in [6, 6.07) is 17.7. The molecule has 32 heavy (non-hydrogen) atoms. The van der Waals surface area contributed by atoms with E-state index in [2.05, 4.69) is 11.4 Å². The van der Waals surface area contributed by atoms with Gasteiger partial charge in [0, 0.05) is 17.7 Å². The van der Waals surface area contributed by atoms with Crippen molar-refractivity contribution in [3.05, 3.63) is 88.4 Å². The molecule has 0 radical (unpaired) electrons. The number of halogens is 1. The van der Waals surface area contributed by atoms with Gasteiger partial charge in [0.2, 0.25) is 10.0 Å². The number of hydrogen-bond acceptors (Lipinski definition) is 6. The molecule has 0 amide bonds. The van der Waals surface area contributed by atoms with Gasteiger partial charge in [-0.15, -0.1) is 0 Å². The lowest BCUT2D eigenvalue weighted by Gasteiger charge is -2.15. The van der Waals surface area contributed by atoms with Crippen LogP contribution in [0, 0.1) is 17.1 Å². The molecule has 4 rings (SSSR count). The third-order valence-electron chi connectivity index (χ3n) is 4.79. The minimum Gasteiger partial charge on any atom is -0.365 e. The molecule has 6 nitrogen and oxygen atoms in total. The van der Waals surface area contributed by atoms with Crippen molar-refractivity contribution in [2.24, 2.45) is 5.14 Å². The van der Waals surface area contributed by atoms with Crippen molar-refractivity contribution in [2.75, 3.05) is 5.32 Å². The SMILES string of the molecule is N#Cc1cc(-c2ccc(S(N)(=O)=O)cc2)c(-c2ccc(F)cc2)nc1NCc1ccsc1. The lowest BCUT2D eigenvalue weighted by molar-refractivity contribution is 0.598. The predicted molar refractivity (Wildman–Crippen MR) is 123 cm³/mol. The molecule has 9 heteroatoms. The average molecular weight is 465 g/mol. The van der Waals surface area contributed by atoms with Crippen LogP contribution in [-0.4, -0.2) is 13.4 Å². The molecule has 0 aliphatic carbocycles. The van der Waals surface area contributed by atoms with E-state index in [0.29, 0.717) is 40.3 Å². The summed E-state index contributed by atoms with van der Waals surface area (Å²) in [6.45, 7) is 0.496. The van der Waals surface area contributed by atoms with Crippen LogP contribution in [0.15, 0.2) is 76.3 Å². The molecule has 0 fully saturated rings. The molecule has 0 unspecified atom stereocenters. The Morgan fingerprint density at radius 1 is 1.06 bits per heavy atom. The number of thiophene rings is 1. The van der Waals surface area contributed by atoms with Gasteiger partial charge in [-0.2, -0.15) is 16.6 Å². The van der Waals surface area contributed by atoms with E-state index >= 15 is 0 Å². The number of anilines is 1. The number of sulfonamides is 1. The zero-order chi connectivity index (χ0) is 22.7. The zero-order valence-corrected chi connectivity index (χ0v) is 18.3. The van der Waals surface area contributed by atoms with Crippen LogP contribution in [0.4, 0.5) is 10.2 Å². The summed E-state index contributed by atoms with van der Waals surface area (Å²) in [4.78, 5) is 4.67. The van der Waals surface area contributed by atoms with E-state index in [9.17, 15) is 18.1 Å². The lowest BCUT2D eigenvalue weighted by Crippen LogP contribution is -2.11. The highest BCUT2D eigenvalue weighted by molar-refractivity contribution is 7.89. The number of rotatable bonds is 6. The van der Waals surface area contributed by atoms with E-state index in [1.165, 1.54) is 24.3 Å². The van der Waals surface area contributed by atoms with Gasteiger partial charge in [0.15, 0.2) is 0 Å². The molecule has 2 aromatic heterocycles. The highest BCUT2D eigenvalue weighted by Crippen LogP contribution is 2.34. The fourth-order valence-electron chi connectivity index (χ4n) is 3.18. The maximum absolute atomic E-state index is 13.5. The smallest absolute Gasteiger partial charge is 0.238 e. The molecule has 0 saturated carbocycles. The van der Waals surface area contributed by atoms with Gasteiger partial charge in [0.05, 0.1) is 16.2 Å². The number of nitrogens with zero attached hydrogens (tertiary/aromatic N) is 2. The number of benzene rings is 2. The Kier molecular flexibility index (Phi) is 6.01. The molecule has 0 aliphatic heterocycles. The minimum absolute atomic E-state index is 0.0212.